The van der Waals surface area contributed by atoms with Crippen molar-refractivity contribution in [2.45, 2.75) is 31.9 Å². The third-order valence-corrected chi connectivity index (χ3v) is 4.62. The molecule has 0 radical (unpaired) electrons. The number of likely N-dealkylation sites (N-methyl/N-ethyl adjacent to an activating group) is 1. The minimum absolute atomic E-state index is 0.0130. The first-order valence-corrected chi connectivity index (χ1v) is 7.92. The molecule has 0 aromatic carbocycles. The first kappa shape index (κ1) is 15.4. The zero-order valence-electron chi connectivity index (χ0n) is 13.5. The number of aryl methyl sites for hydroxylation is 1. The lowest BCUT2D eigenvalue weighted by molar-refractivity contribution is 0.0200. The quantitative estimate of drug-likeness (QED) is 0.811. The fourth-order valence-electron chi connectivity index (χ4n) is 3.45. The molecule has 1 aromatic heterocycles. The molecule has 6 nitrogen and oxygen atoms in total. The van der Waals surface area contributed by atoms with Crippen LogP contribution in [0, 0.1) is 12.8 Å². The van der Waals surface area contributed by atoms with Gasteiger partial charge < -0.3 is 14.5 Å². The average Bonchev–Trinajstić information content (AvgIpc) is 3.04. The molecule has 2 aliphatic rings. The van der Waals surface area contributed by atoms with Crippen molar-refractivity contribution in [1.82, 2.24) is 19.8 Å². The Kier molecular flexibility index (Phi) is 4.40. The second-order valence-corrected chi connectivity index (χ2v) is 6.54. The van der Waals surface area contributed by atoms with E-state index in [4.69, 9.17) is 4.74 Å². The molecule has 1 aliphatic carbocycles. The second-order valence-electron chi connectivity index (χ2n) is 6.54. The summed E-state index contributed by atoms with van der Waals surface area (Å²) in [6.07, 6.45) is 5.59. The van der Waals surface area contributed by atoms with Crippen molar-refractivity contribution in [3.8, 4) is 0 Å². The Morgan fingerprint density at radius 2 is 2.18 bits per heavy atom. The normalized spacial score (nSPS) is 26.9. The van der Waals surface area contributed by atoms with E-state index in [0.717, 1.165) is 38.2 Å². The first-order valence-electron chi connectivity index (χ1n) is 7.92. The van der Waals surface area contributed by atoms with E-state index >= 15 is 0 Å². The number of piperidine rings is 1. The molecule has 1 aromatic rings. The molecule has 1 saturated heterocycles. The Bertz CT molecular complexity index is 531. The van der Waals surface area contributed by atoms with Crippen LogP contribution >= 0.6 is 0 Å². The van der Waals surface area contributed by atoms with Gasteiger partial charge in [0.1, 0.15) is 5.69 Å². The van der Waals surface area contributed by atoms with Crippen molar-refractivity contribution in [1.29, 1.82) is 0 Å². The summed E-state index contributed by atoms with van der Waals surface area (Å²) < 4.78 is 6.06. The SMILES string of the molecule is Cc1cnc(C(=O)N2C[C@H]3CC[C@H]2[C@@H]3OCCN(C)C)cn1. The fraction of sp³-hybridized carbons (Fsp3) is 0.688. The van der Waals surface area contributed by atoms with Gasteiger partial charge in [0.15, 0.2) is 0 Å². The number of nitrogens with zero attached hydrogens (tertiary/aromatic N) is 4. The standard InChI is InChI=1S/C16H24N4O2/c1-11-8-18-13(9-17-11)16(21)20-10-12-4-5-14(20)15(12)22-7-6-19(2)3/h8-9,12,14-15H,4-7,10H2,1-3H3/t12-,14+,15-/m1/s1. The summed E-state index contributed by atoms with van der Waals surface area (Å²) in [6, 6.07) is 0.197. The molecule has 1 amide bonds. The van der Waals surface area contributed by atoms with Gasteiger partial charge in [0, 0.05) is 25.2 Å². The van der Waals surface area contributed by atoms with E-state index in [9.17, 15) is 4.79 Å². The van der Waals surface area contributed by atoms with Crippen LogP contribution in [0.2, 0.25) is 0 Å². The highest BCUT2D eigenvalue weighted by molar-refractivity contribution is 5.92. The molecule has 2 fully saturated rings. The van der Waals surface area contributed by atoms with Crippen molar-refractivity contribution in [2.75, 3.05) is 33.8 Å². The Morgan fingerprint density at radius 1 is 1.36 bits per heavy atom. The van der Waals surface area contributed by atoms with E-state index in [1.54, 1.807) is 12.4 Å². The van der Waals surface area contributed by atoms with Crippen LogP contribution in [0.25, 0.3) is 0 Å². The molecule has 120 valence electrons. The fourth-order valence-corrected chi connectivity index (χ4v) is 3.45. The summed E-state index contributed by atoms with van der Waals surface area (Å²) >= 11 is 0. The number of likely N-dealkylation sites (tertiary alicyclic amines) is 1. The highest BCUT2D eigenvalue weighted by atomic mass is 16.5. The van der Waals surface area contributed by atoms with E-state index in [0.29, 0.717) is 11.6 Å². The highest BCUT2D eigenvalue weighted by Gasteiger charge is 2.49. The Morgan fingerprint density at radius 3 is 2.86 bits per heavy atom. The Balaban J connectivity index is 1.64. The lowest BCUT2D eigenvalue weighted by atomic mass is 10.1. The van der Waals surface area contributed by atoms with Crippen LogP contribution in [0.3, 0.4) is 0 Å². The minimum atomic E-state index is -0.0130. The molecule has 0 unspecified atom stereocenters. The zero-order chi connectivity index (χ0) is 15.7. The van der Waals surface area contributed by atoms with E-state index in [1.807, 2.05) is 25.9 Å². The van der Waals surface area contributed by atoms with Crippen LogP contribution in [0.5, 0.6) is 0 Å². The smallest absolute Gasteiger partial charge is 0.274 e. The molecule has 6 heteroatoms. The summed E-state index contributed by atoms with van der Waals surface area (Å²) in [5, 5.41) is 0. The van der Waals surface area contributed by atoms with Crippen molar-refractivity contribution >= 4 is 5.91 Å². The molecule has 3 atom stereocenters. The molecule has 3 rings (SSSR count). The number of aromatic nitrogens is 2. The number of carbonyl (C=O) groups excluding carboxylic acids is 1. The maximum atomic E-state index is 12.6. The van der Waals surface area contributed by atoms with Crippen LogP contribution in [0.15, 0.2) is 12.4 Å². The van der Waals surface area contributed by atoms with Crippen molar-refractivity contribution in [3.63, 3.8) is 0 Å². The summed E-state index contributed by atoms with van der Waals surface area (Å²) in [4.78, 5) is 25.1. The third-order valence-electron chi connectivity index (χ3n) is 4.62. The monoisotopic (exact) mass is 304 g/mol. The third kappa shape index (κ3) is 2.98. The van der Waals surface area contributed by atoms with Gasteiger partial charge >= 0.3 is 0 Å². The van der Waals surface area contributed by atoms with Gasteiger partial charge in [0.05, 0.1) is 30.6 Å². The number of hydrogen-bond donors (Lipinski definition) is 0. The molecule has 0 N–H and O–H groups in total. The minimum Gasteiger partial charge on any atom is -0.374 e. The van der Waals surface area contributed by atoms with Crippen LogP contribution in [-0.4, -0.2) is 71.6 Å². The van der Waals surface area contributed by atoms with E-state index in [2.05, 4.69) is 14.9 Å². The topological polar surface area (TPSA) is 58.6 Å². The molecule has 0 spiro atoms. The van der Waals surface area contributed by atoms with Crippen molar-refractivity contribution in [2.24, 2.45) is 5.92 Å². The van der Waals surface area contributed by atoms with Crippen LogP contribution in [0.4, 0.5) is 0 Å². The number of carbonyl (C=O) groups is 1. The lowest BCUT2D eigenvalue weighted by Gasteiger charge is -2.27. The first-order chi connectivity index (χ1) is 10.6. The highest BCUT2D eigenvalue weighted by Crippen LogP contribution is 2.40. The summed E-state index contributed by atoms with van der Waals surface area (Å²) in [5.41, 5.74) is 1.26. The van der Waals surface area contributed by atoms with Gasteiger partial charge in [-0.25, -0.2) is 4.98 Å². The second kappa shape index (κ2) is 6.30. The number of rotatable bonds is 5. The van der Waals surface area contributed by atoms with Crippen LogP contribution in [-0.2, 0) is 4.74 Å². The molecule has 1 aliphatic heterocycles. The van der Waals surface area contributed by atoms with Gasteiger partial charge in [-0.1, -0.05) is 0 Å². The number of amides is 1. The molecular weight excluding hydrogens is 280 g/mol. The van der Waals surface area contributed by atoms with Gasteiger partial charge in [-0.2, -0.15) is 0 Å². The van der Waals surface area contributed by atoms with Gasteiger partial charge in [-0.3, -0.25) is 9.78 Å². The predicted octanol–water partition coefficient (Wildman–Crippen LogP) is 0.966. The molecular formula is C16H24N4O2. The summed E-state index contributed by atoms with van der Waals surface area (Å²) in [6.45, 7) is 4.28. The molecule has 1 saturated carbocycles. The van der Waals surface area contributed by atoms with Gasteiger partial charge in [-0.15, -0.1) is 0 Å². The summed E-state index contributed by atoms with van der Waals surface area (Å²) in [5.74, 6) is 0.454. The molecule has 2 bridgehead atoms. The van der Waals surface area contributed by atoms with E-state index in [-0.39, 0.29) is 18.1 Å². The number of fused-ring (bicyclic) bond motifs is 2. The largest absolute Gasteiger partial charge is 0.374 e. The van der Waals surface area contributed by atoms with Crippen LogP contribution < -0.4 is 0 Å². The molecule has 22 heavy (non-hydrogen) atoms. The predicted molar refractivity (Wildman–Crippen MR) is 82.6 cm³/mol. The zero-order valence-corrected chi connectivity index (χ0v) is 13.5. The lowest BCUT2D eigenvalue weighted by Crippen LogP contribution is -2.40. The van der Waals surface area contributed by atoms with Gasteiger partial charge in [0.25, 0.3) is 5.91 Å². The van der Waals surface area contributed by atoms with E-state index < -0.39 is 0 Å². The Labute approximate surface area is 131 Å². The maximum absolute atomic E-state index is 12.6. The van der Waals surface area contributed by atoms with Crippen LogP contribution in [0.1, 0.15) is 29.0 Å². The molecule has 2 heterocycles. The number of ether oxygens (including phenoxy) is 1. The average molecular weight is 304 g/mol. The van der Waals surface area contributed by atoms with Gasteiger partial charge in [0.2, 0.25) is 0 Å². The van der Waals surface area contributed by atoms with Crippen molar-refractivity contribution < 1.29 is 9.53 Å². The number of hydrogen-bond acceptors (Lipinski definition) is 5. The maximum Gasteiger partial charge on any atom is 0.274 e. The van der Waals surface area contributed by atoms with Crippen molar-refractivity contribution in [3.05, 3.63) is 23.8 Å². The van der Waals surface area contributed by atoms with Gasteiger partial charge in [-0.05, 0) is 33.9 Å². The summed E-state index contributed by atoms with van der Waals surface area (Å²) in [7, 11) is 4.08. The van der Waals surface area contributed by atoms with E-state index in [1.165, 1.54) is 0 Å². The Hall–Kier alpha value is -1.53.